The lowest BCUT2D eigenvalue weighted by Gasteiger charge is -2.38. The van der Waals surface area contributed by atoms with Crippen LogP contribution in [0.1, 0.15) is 60.8 Å². The van der Waals surface area contributed by atoms with Crippen LogP contribution >= 0.6 is 0 Å². The summed E-state index contributed by atoms with van der Waals surface area (Å²) >= 11 is 0. The molecule has 1 N–H and O–H groups in total. The fourth-order valence-electron chi connectivity index (χ4n) is 4.41. The quantitative estimate of drug-likeness (QED) is 0.865. The van der Waals surface area contributed by atoms with Crippen LogP contribution in [0.3, 0.4) is 0 Å². The largest absolute Gasteiger partial charge is 0.476 e. The number of piperidine rings is 1. The van der Waals surface area contributed by atoms with Crippen LogP contribution in [0, 0.1) is 5.92 Å². The Kier molecular flexibility index (Phi) is 4.73. The summed E-state index contributed by atoms with van der Waals surface area (Å²) in [4.78, 5) is 28.9. The van der Waals surface area contributed by atoms with Crippen molar-refractivity contribution in [1.82, 2.24) is 19.6 Å². The maximum Gasteiger partial charge on any atom is 0.356 e. The first kappa shape index (κ1) is 17.5. The Bertz CT molecular complexity index is 710. The molecule has 142 valence electrons. The average molecular weight is 360 g/mol. The molecule has 0 radical (unpaired) electrons. The highest BCUT2D eigenvalue weighted by Gasteiger charge is 2.36. The van der Waals surface area contributed by atoms with Crippen molar-refractivity contribution < 1.29 is 14.7 Å². The number of nitrogens with zero attached hydrogens (tertiary/aromatic N) is 4. The Morgan fingerprint density at radius 1 is 1.19 bits per heavy atom. The lowest BCUT2D eigenvalue weighted by molar-refractivity contribution is -0.139. The van der Waals surface area contributed by atoms with E-state index in [-0.39, 0.29) is 17.6 Å². The van der Waals surface area contributed by atoms with Gasteiger partial charge in [-0.1, -0.05) is 13.3 Å². The fraction of sp³-hybridized carbons (Fsp3) is 0.737. The van der Waals surface area contributed by atoms with Gasteiger partial charge in [-0.2, -0.15) is 5.10 Å². The second-order valence-electron chi connectivity index (χ2n) is 7.85. The highest BCUT2D eigenvalue weighted by Crippen LogP contribution is 2.33. The molecule has 1 aromatic rings. The van der Waals surface area contributed by atoms with E-state index in [1.807, 2.05) is 9.58 Å². The van der Waals surface area contributed by atoms with E-state index < -0.39 is 5.97 Å². The van der Waals surface area contributed by atoms with Gasteiger partial charge >= 0.3 is 5.97 Å². The van der Waals surface area contributed by atoms with Crippen LogP contribution in [-0.2, 0) is 24.3 Å². The fourth-order valence-corrected chi connectivity index (χ4v) is 4.41. The number of carboxylic acid groups (broad SMARTS) is 1. The van der Waals surface area contributed by atoms with E-state index >= 15 is 0 Å². The minimum atomic E-state index is -0.988. The molecule has 26 heavy (non-hydrogen) atoms. The van der Waals surface area contributed by atoms with Crippen molar-refractivity contribution >= 4 is 11.9 Å². The topological polar surface area (TPSA) is 78.7 Å². The van der Waals surface area contributed by atoms with E-state index in [4.69, 9.17) is 0 Å². The van der Waals surface area contributed by atoms with Gasteiger partial charge in [0, 0.05) is 37.3 Å². The zero-order valence-corrected chi connectivity index (χ0v) is 15.5. The Balaban J connectivity index is 1.55. The third kappa shape index (κ3) is 3.24. The van der Waals surface area contributed by atoms with Crippen LogP contribution in [0.5, 0.6) is 0 Å². The lowest BCUT2D eigenvalue weighted by atomic mass is 9.98. The van der Waals surface area contributed by atoms with Crippen molar-refractivity contribution in [3.05, 3.63) is 17.0 Å². The number of hydrogen-bond donors (Lipinski definition) is 1. The first-order valence-electron chi connectivity index (χ1n) is 9.93. The van der Waals surface area contributed by atoms with Gasteiger partial charge < -0.3 is 10.0 Å². The molecule has 3 heterocycles. The molecule has 3 aliphatic rings. The summed E-state index contributed by atoms with van der Waals surface area (Å²) in [6, 6.07) is -0.0508. The van der Waals surface area contributed by atoms with Gasteiger partial charge in [-0.05, 0) is 44.7 Å². The summed E-state index contributed by atoms with van der Waals surface area (Å²) in [7, 11) is 0. The Morgan fingerprint density at radius 2 is 2.00 bits per heavy atom. The highest BCUT2D eigenvalue weighted by molar-refractivity contribution is 5.88. The van der Waals surface area contributed by atoms with Crippen molar-refractivity contribution in [2.75, 3.05) is 19.6 Å². The van der Waals surface area contributed by atoms with Gasteiger partial charge in [0.25, 0.3) is 0 Å². The maximum absolute atomic E-state index is 13.1. The SMILES string of the molecule is CCN1CCCC[C@@H]1C(=O)N1CCc2c(c(C(=O)O)nn2CC2CC2)C1. The molecule has 1 amide bonds. The monoisotopic (exact) mass is 360 g/mol. The van der Waals surface area contributed by atoms with Crippen LogP contribution in [0.4, 0.5) is 0 Å². The summed E-state index contributed by atoms with van der Waals surface area (Å²) in [5.74, 6) is -0.193. The molecule has 7 heteroatoms. The smallest absolute Gasteiger partial charge is 0.356 e. The molecule has 2 fully saturated rings. The van der Waals surface area contributed by atoms with Gasteiger partial charge in [0.15, 0.2) is 5.69 Å². The van der Waals surface area contributed by atoms with Crippen molar-refractivity contribution in [3.8, 4) is 0 Å². The van der Waals surface area contributed by atoms with Gasteiger partial charge in [0.1, 0.15) is 0 Å². The molecular formula is C19H28N4O3. The van der Waals surface area contributed by atoms with Gasteiger partial charge in [0.2, 0.25) is 5.91 Å². The molecule has 1 saturated carbocycles. The molecule has 1 aromatic heterocycles. The third-order valence-corrected chi connectivity index (χ3v) is 6.08. The van der Waals surface area contributed by atoms with Crippen LogP contribution in [0.2, 0.25) is 0 Å². The maximum atomic E-state index is 13.1. The number of fused-ring (bicyclic) bond motifs is 1. The summed E-state index contributed by atoms with van der Waals surface area (Å²) < 4.78 is 1.90. The molecule has 4 rings (SSSR count). The van der Waals surface area contributed by atoms with Crippen molar-refractivity contribution in [1.29, 1.82) is 0 Å². The predicted octanol–water partition coefficient (Wildman–Crippen LogP) is 1.75. The van der Waals surface area contributed by atoms with Gasteiger partial charge in [-0.3, -0.25) is 14.4 Å². The summed E-state index contributed by atoms with van der Waals surface area (Å²) in [6.07, 6.45) is 6.26. The Morgan fingerprint density at radius 3 is 2.69 bits per heavy atom. The number of carbonyl (C=O) groups is 2. The Labute approximate surface area is 153 Å². The number of carboxylic acids is 1. The minimum absolute atomic E-state index is 0.0508. The molecule has 0 aromatic carbocycles. The molecule has 0 bridgehead atoms. The third-order valence-electron chi connectivity index (χ3n) is 6.08. The van der Waals surface area contributed by atoms with Crippen molar-refractivity contribution in [2.45, 2.75) is 64.6 Å². The molecule has 1 atom stereocenters. The molecule has 0 unspecified atom stereocenters. The van der Waals surface area contributed by atoms with Gasteiger partial charge in [-0.15, -0.1) is 0 Å². The molecule has 2 aliphatic heterocycles. The van der Waals surface area contributed by atoms with Crippen molar-refractivity contribution in [3.63, 3.8) is 0 Å². The zero-order valence-electron chi connectivity index (χ0n) is 15.5. The van der Waals surface area contributed by atoms with E-state index in [1.54, 1.807) is 0 Å². The van der Waals surface area contributed by atoms with Crippen LogP contribution in [0.15, 0.2) is 0 Å². The van der Waals surface area contributed by atoms with E-state index in [2.05, 4.69) is 16.9 Å². The van der Waals surface area contributed by atoms with E-state index in [1.165, 1.54) is 12.8 Å². The second kappa shape index (κ2) is 7.02. The van der Waals surface area contributed by atoms with Crippen molar-refractivity contribution in [2.24, 2.45) is 5.92 Å². The first-order chi connectivity index (χ1) is 12.6. The van der Waals surface area contributed by atoms with Crippen LogP contribution in [-0.4, -0.2) is 62.2 Å². The lowest BCUT2D eigenvalue weighted by Crippen LogP contribution is -2.51. The molecule has 1 saturated heterocycles. The number of aromatic carboxylic acids is 1. The molecular weight excluding hydrogens is 332 g/mol. The standard InChI is InChI=1S/C19H28N4O3/c1-2-21-9-4-3-5-16(21)18(24)22-10-8-15-14(12-22)17(19(25)26)20-23(15)11-13-6-7-13/h13,16H,2-12H2,1H3,(H,25,26)/t16-/m1/s1. The Hall–Kier alpha value is -1.89. The van der Waals surface area contributed by atoms with E-state index in [9.17, 15) is 14.7 Å². The number of likely N-dealkylation sites (N-methyl/N-ethyl adjacent to an activating group) is 1. The number of likely N-dealkylation sites (tertiary alicyclic amines) is 1. The average Bonchev–Trinajstić information content (AvgIpc) is 3.40. The molecule has 0 spiro atoms. The first-order valence-corrected chi connectivity index (χ1v) is 9.93. The van der Waals surface area contributed by atoms with Crippen LogP contribution < -0.4 is 0 Å². The minimum Gasteiger partial charge on any atom is -0.476 e. The number of amides is 1. The predicted molar refractivity (Wildman–Crippen MR) is 95.9 cm³/mol. The van der Waals surface area contributed by atoms with Crippen LogP contribution in [0.25, 0.3) is 0 Å². The molecule has 7 nitrogen and oxygen atoms in total. The zero-order chi connectivity index (χ0) is 18.3. The summed E-state index contributed by atoms with van der Waals surface area (Å²) in [5, 5.41) is 13.9. The highest BCUT2D eigenvalue weighted by atomic mass is 16.4. The number of rotatable bonds is 5. The summed E-state index contributed by atoms with van der Waals surface area (Å²) in [6.45, 7) is 5.82. The number of hydrogen-bond acceptors (Lipinski definition) is 4. The molecule has 1 aliphatic carbocycles. The summed E-state index contributed by atoms with van der Waals surface area (Å²) in [5.41, 5.74) is 1.90. The normalized spacial score (nSPS) is 23.7. The second-order valence-corrected chi connectivity index (χ2v) is 7.85. The van der Waals surface area contributed by atoms with E-state index in [0.29, 0.717) is 25.4 Å². The van der Waals surface area contributed by atoms with Gasteiger partial charge in [-0.25, -0.2) is 4.79 Å². The number of carbonyl (C=O) groups excluding carboxylic acids is 1. The van der Waals surface area contributed by atoms with Gasteiger partial charge in [0.05, 0.1) is 6.04 Å². The number of aromatic nitrogens is 2. The van der Waals surface area contributed by atoms with E-state index in [0.717, 1.165) is 50.2 Å².